The second-order valence-electron chi connectivity index (χ2n) is 2.16. The first-order valence-corrected chi connectivity index (χ1v) is 3.08. The minimum absolute atomic E-state index is 0.738. The molecule has 1 aromatic rings. The van der Waals surface area contributed by atoms with Crippen LogP contribution in [0.1, 0.15) is 11.3 Å². The van der Waals surface area contributed by atoms with E-state index in [9.17, 15) is 0 Å². The summed E-state index contributed by atoms with van der Waals surface area (Å²) in [5, 5.41) is 0. The molecule has 0 radical (unpaired) electrons. The minimum atomic E-state index is 0.738. The number of anilines is 1. The molecule has 0 saturated heterocycles. The molecule has 10 heavy (non-hydrogen) atoms. The average molecular weight is 134 g/mol. The quantitative estimate of drug-likeness (QED) is 0.633. The predicted molar refractivity (Wildman–Crippen MR) is 43.5 cm³/mol. The smallest absolute Gasteiger partial charge is 0.0421 e. The van der Waals surface area contributed by atoms with E-state index < -0.39 is 0 Å². The molecule has 1 heterocycles. The molecule has 0 amide bonds. The van der Waals surface area contributed by atoms with Gasteiger partial charge in [-0.15, -0.1) is 0 Å². The van der Waals surface area contributed by atoms with Crippen molar-refractivity contribution < 1.29 is 0 Å². The molecular weight excluding hydrogens is 124 g/mol. The van der Waals surface area contributed by atoms with Gasteiger partial charge in [0.25, 0.3) is 0 Å². The number of aromatic nitrogens is 1. The third-order valence-corrected chi connectivity index (χ3v) is 1.32. The monoisotopic (exact) mass is 134 g/mol. The number of nitrogens with zero attached hydrogens (tertiary/aromatic N) is 1. The van der Waals surface area contributed by atoms with Crippen molar-refractivity contribution in [3.05, 3.63) is 30.1 Å². The fourth-order valence-electron chi connectivity index (χ4n) is 0.762. The highest BCUT2D eigenvalue weighted by atomic mass is 14.7. The van der Waals surface area contributed by atoms with Crippen LogP contribution < -0.4 is 5.73 Å². The van der Waals surface area contributed by atoms with Crippen molar-refractivity contribution in [3.8, 4) is 0 Å². The number of nitrogen functional groups attached to an aromatic ring is 1. The van der Waals surface area contributed by atoms with Gasteiger partial charge in [-0.3, -0.25) is 4.98 Å². The third-order valence-electron chi connectivity index (χ3n) is 1.32. The van der Waals surface area contributed by atoms with E-state index in [1.807, 2.05) is 13.0 Å². The largest absolute Gasteiger partial charge is 0.398 e. The second kappa shape index (κ2) is 2.52. The first kappa shape index (κ1) is 6.81. The summed E-state index contributed by atoms with van der Waals surface area (Å²) in [6.45, 7) is 5.51. The van der Waals surface area contributed by atoms with Crippen molar-refractivity contribution in [1.82, 2.24) is 4.98 Å². The van der Waals surface area contributed by atoms with Gasteiger partial charge in [0.1, 0.15) is 0 Å². The lowest BCUT2D eigenvalue weighted by atomic mass is 10.2. The van der Waals surface area contributed by atoms with E-state index >= 15 is 0 Å². The fourth-order valence-corrected chi connectivity index (χ4v) is 0.762. The Bertz CT molecular complexity index is 253. The molecule has 2 N–H and O–H groups in total. The third kappa shape index (κ3) is 1.16. The Hall–Kier alpha value is -1.31. The first-order chi connectivity index (χ1) is 4.74. The van der Waals surface area contributed by atoms with E-state index in [1.54, 1.807) is 12.3 Å². The standard InChI is InChI=1S/C8H10N2/c1-3-7-5-10-6(2)4-8(7)9/h3-5H,1H2,2H3,(H2,9,10). The Kier molecular flexibility index (Phi) is 1.71. The Balaban J connectivity index is 3.19. The summed E-state index contributed by atoms with van der Waals surface area (Å²) < 4.78 is 0. The second-order valence-corrected chi connectivity index (χ2v) is 2.16. The molecule has 2 nitrogen and oxygen atoms in total. The molecule has 0 spiro atoms. The van der Waals surface area contributed by atoms with Crippen molar-refractivity contribution in [1.29, 1.82) is 0 Å². The Morgan fingerprint density at radius 2 is 2.40 bits per heavy atom. The van der Waals surface area contributed by atoms with Crippen LogP contribution >= 0.6 is 0 Å². The van der Waals surface area contributed by atoms with E-state index in [0.717, 1.165) is 16.9 Å². The molecule has 0 aliphatic heterocycles. The van der Waals surface area contributed by atoms with E-state index in [1.165, 1.54) is 0 Å². The maximum absolute atomic E-state index is 5.62. The lowest BCUT2D eigenvalue weighted by Crippen LogP contribution is -1.91. The molecule has 0 aliphatic rings. The summed E-state index contributed by atoms with van der Waals surface area (Å²) in [5.41, 5.74) is 8.19. The van der Waals surface area contributed by atoms with Crippen molar-refractivity contribution in [2.24, 2.45) is 0 Å². The number of pyridine rings is 1. The van der Waals surface area contributed by atoms with Gasteiger partial charge in [-0.1, -0.05) is 12.7 Å². The normalized spacial score (nSPS) is 9.30. The number of hydrogen-bond acceptors (Lipinski definition) is 2. The van der Waals surface area contributed by atoms with Crippen molar-refractivity contribution in [2.75, 3.05) is 5.73 Å². The Labute approximate surface area is 60.4 Å². The molecule has 0 unspecified atom stereocenters. The molecule has 1 aromatic heterocycles. The van der Waals surface area contributed by atoms with E-state index in [4.69, 9.17) is 5.73 Å². The zero-order chi connectivity index (χ0) is 7.56. The van der Waals surface area contributed by atoms with E-state index in [2.05, 4.69) is 11.6 Å². The van der Waals surface area contributed by atoms with Crippen LogP contribution in [0, 0.1) is 6.92 Å². The van der Waals surface area contributed by atoms with Crippen LogP contribution in [-0.4, -0.2) is 4.98 Å². The number of nitrogens with two attached hydrogens (primary N) is 1. The topological polar surface area (TPSA) is 38.9 Å². The summed E-state index contributed by atoms with van der Waals surface area (Å²) in [6, 6.07) is 1.83. The predicted octanol–water partition coefficient (Wildman–Crippen LogP) is 1.62. The van der Waals surface area contributed by atoms with Crippen LogP contribution in [0.25, 0.3) is 6.08 Å². The lowest BCUT2D eigenvalue weighted by molar-refractivity contribution is 1.20. The maximum Gasteiger partial charge on any atom is 0.0421 e. The van der Waals surface area contributed by atoms with E-state index in [-0.39, 0.29) is 0 Å². The van der Waals surface area contributed by atoms with Gasteiger partial charge in [-0.05, 0) is 13.0 Å². The summed E-state index contributed by atoms with van der Waals surface area (Å²) in [6.07, 6.45) is 3.42. The molecule has 52 valence electrons. The molecule has 0 fully saturated rings. The molecule has 0 saturated carbocycles. The van der Waals surface area contributed by atoms with Gasteiger partial charge >= 0.3 is 0 Å². The van der Waals surface area contributed by atoms with Crippen molar-refractivity contribution >= 4 is 11.8 Å². The zero-order valence-electron chi connectivity index (χ0n) is 5.96. The van der Waals surface area contributed by atoms with Crippen molar-refractivity contribution in [3.63, 3.8) is 0 Å². The van der Waals surface area contributed by atoms with Gasteiger partial charge in [0, 0.05) is 23.1 Å². The van der Waals surface area contributed by atoms with Gasteiger partial charge < -0.3 is 5.73 Å². The first-order valence-electron chi connectivity index (χ1n) is 3.08. The average Bonchev–Trinajstić information content (AvgIpc) is 1.88. The Morgan fingerprint density at radius 3 is 2.90 bits per heavy atom. The summed E-state index contributed by atoms with van der Waals surface area (Å²) in [5.74, 6) is 0. The maximum atomic E-state index is 5.62. The van der Waals surface area contributed by atoms with Gasteiger partial charge in [0.15, 0.2) is 0 Å². The highest BCUT2D eigenvalue weighted by molar-refractivity contribution is 5.62. The highest BCUT2D eigenvalue weighted by Gasteiger charge is 1.93. The Morgan fingerprint density at radius 1 is 1.70 bits per heavy atom. The van der Waals surface area contributed by atoms with Crippen LogP contribution in [0.15, 0.2) is 18.8 Å². The zero-order valence-corrected chi connectivity index (χ0v) is 5.96. The van der Waals surface area contributed by atoms with Crippen LogP contribution in [0.3, 0.4) is 0 Å². The molecule has 0 bridgehead atoms. The van der Waals surface area contributed by atoms with E-state index in [0.29, 0.717) is 0 Å². The van der Waals surface area contributed by atoms with Crippen LogP contribution in [0.4, 0.5) is 5.69 Å². The highest BCUT2D eigenvalue weighted by Crippen LogP contribution is 2.11. The fraction of sp³-hybridized carbons (Fsp3) is 0.125. The molecule has 0 atom stereocenters. The number of hydrogen-bond donors (Lipinski definition) is 1. The van der Waals surface area contributed by atoms with Crippen molar-refractivity contribution in [2.45, 2.75) is 6.92 Å². The SMILES string of the molecule is C=Cc1cnc(C)cc1N. The molecule has 0 aromatic carbocycles. The number of rotatable bonds is 1. The van der Waals surface area contributed by atoms with Gasteiger partial charge in [-0.2, -0.15) is 0 Å². The lowest BCUT2D eigenvalue weighted by Gasteiger charge is -1.98. The number of aryl methyl sites for hydroxylation is 1. The minimum Gasteiger partial charge on any atom is -0.398 e. The summed E-state index contributed by atoms with van der Waals surface area (Å²) >= 11 is 0. The molecule has 1 rings (SSSR count). The van der Waals surface area contributed by atoms with Gasteiger partial charge in [0.05, 0.1) is 0 Å². The van der Waals surface area contributed by atoms with Crippen LogP contribution in [-0.2, 0) is 0 Å². The van der Waals surface area contributed by atoms with Gasteiger partial charge in [-0.25, -0.2) is 0 Å². The molecule has 2 heteroatoms. The molecular formula is C8H10N2. The summed E-state index contributed by atoms with van der Waals surface area (Å²) in [4.78, 5) is 4.06. The van der Waals surface area contributed by atoms with Crippen LogP contribution in [0.2, 0.25) is 0 Å². The summed E-state index contributed by atoms with van der Waals surface area (Å²) in [7, 11) is 0. The van der Waals surface area contributed by atoms with Gasteiger partial charge in [0.2, 0.25) is 0 Å². The van der Waals surface area contributed by atoms with Crippen LogP contribution in [0.5, 0.6) is 0 Å². The molecule has 0 aliphatic carbocycles.